The molecular weight excluding hydrogens is 304 g/mol. The smallest absolute Gasteiger partial charge is 0.253 e. The molecule has 0 spiro atoms. The fourth-order valence-corrected chi connectivity index (χ4v) is 3.18. The second kappa shape index (κ2) is 7.07. The van der Waals surface area contributed by atoms with Gasteiger partial charge in [-0.15, -0.1) is 23.7 Å². The van der Waals surface area contributed by atoms with Gasteiger partial charge in [0.15, 0.2) is 0 Å². The largest absolute Gasteiger partial charge is 0.341 e. The normalized spacial score (nSPS) is 12.6. The van der Waals surface area contributed by atoms with Gasteiger partial charge in [-0.05, 0) is 41.1 Å². The molecule has 0 bridgehead atoms. The molecule has 3 rings (SSSR count). The minimum Gasteiger partial charge on any atom is -0.341 e. The number of carbonyl (C=O) groups excluding carboxylic acids is 1. The summed E-state index contributed by atoms with van der Waals surface area (Å²) < 4.78 is 0. The lowest BCUT2D eigenvalue weighted by atomic mass is 10.1. The van der Waals surface area contributed by atoms with Gasteiger partial charge in [0, 0.05) is 37.1 Å². The topological polar surface area (TPSA) is 32.3 Å². The predicted octanol–water partition coefficient (Wildman–Crippen LogP) is 3.09. The van der Waals surface area contributed by atoms with Crippen LogP contribution in [0.15, 0.2) is 35.7 Å². The number of halogens is 1. The molecule has 0 unspecified atom stereocenters. The van der Waals surface area contributed by atoms with E-state index in [0.717, 1.165) is 31.6 Å². The number of nitrogens with one attached hydrogen (secondary N) is 1. The molecule has 0 radical (unpaired) electrons. The summed E-state index contributed by atoms with van der Waals surface area (Å²) in [7, 11) is 1.88. The van der Waals surface area contributed by atoms with Gasteiger partial charge < -0.3 is 10.2 Å². The molecule has 0 saturated heterocycles. The van der Waals surface area contributed by atoms with Crippen LogP contribution in [-0.2, 0) is 19.5 Å². The minimum atomic E-state index is 0. The molecule has 0 fully saturated rings. The van der Waals surface area contributed by atoms with Gasteiger partial charge in [0.1, 0.15) is 0 Å². The van der Waals surface area contributed by atoms with Crippen molar-refractivity contribution in [2.45, 2.75) is 19.5 Å². The first-order valence-electron chi connectivity index (χ1n) is 6.84. The van der Waals surface area contributed by atoms with Crippen molar-refractivity contribution in [3.05, 3.63) is 57.3 Å². The number of hydrogen-bond donors (Lipinski definition) is 1. The molecule has 1 N–H and O–H groups in total. The van der Waals surface area contributed by atoms with Crippen molar-refractivity contribution < 1.29 is 4.79 Å². The number of rotatable bonds is 4. The molecule has 0 saturated carbocycles. The van der Waals surface area contributed by atoms with Gasteiger partial charge in [0.05, 0.1) is 0 Å². The van der Waals surface area contributed by atoms with Gasteiger partial charge in [-0.3, -0.25) is 4.79 Å². The molecule has 1 aromatic carbocycles. The van der Waals surface area contributed by atoms with Gasteiger partial charge in [-0.2, -0.15) is 0 Å². The van der Waals surface area contributed by atoms with Gasteiger partial charge in [0.2, 0.25) is 0 Å². The fourth-order valence-electron chi connectivity index (χ4n) is 2.48. The van der Waals surface area contributed by atoms with Crippen LogP contribution in [0.25, 0.3) is 0 Å². The molecule has 2 aromatic rings. The van der Waals surface area contributed by atoms with Crippen LogP contribution in [0.2, 0.25) is 0 Å². The molecule has 2 heterocycles. The Kier molecular flexibility index (Phi) is 5.39. The van der Waals surface area contributed by atoms with Crippen molar-refractivity contribution in [3.63, 3.8) is 0 Å². The molecule has 1 aliphatic heterocycles. The van der Waals surface area contributed by atoms with Crippen LogP contribution in [-0.4, -0.2) is 24.4 Å². The summed E-state index contributed by atoms with van der Waals surface area (Å²) in [5, 5.41) is 5.38. The average molecular weight is 323 g/mol. The lowest BCUT2D eigenvalue weighted by Crippen LogP contribution is -2.28. The second-order valence-corrected chi connectivity index (χ2v) is 6.18. The predicted molar refractivity (Wildman–Crippen MR) is 89.2 cm³/mol. The van der Waals surface area contributed by atoms with E-state index < -0.39 is 0 Å². The first kappa shape index (κ1) is 16.0. The Hall–Kier alpha value is -1.36. The summed E-state index contributed by atoms with van der Waals surface area (Å²) in [4.78, 5) is 15.5. The zero-order valence-electron chi connectivity index (χ0n) is 12.0. The number of benzene rings is 1. The molecule has 5 heteroatoms. The highest BCUT2D eigenvalue weighted by Crippen LogP contribution is 2.18. The lowest BCUT2D eigenvalue weighted by molar-refractivity contribution is 0.0797. The van der Waals surface area contributed by atoms with Crippen LogP contribution in [0.5, 0.6) is 0 Å². The van der Waals surface area contributed by atoms with Gasteiger partial charge in [-0.25, -0.2) is 0 Å². The zero-order valence-corrected chi connectivity index (χ0v) is 13.6. The van der Waals surface area contributed by atoms with Crippen molar-refractivity contribution >= 4 is 29.7 Å². The minimum absolute atomic E-state index is 0. The fraction of sp³-hybridized carbons (Fsp3) is 0.312. The molecule has 3 nitrogen and oxygen atoms in total. The molecule has 0 aliphatic carbocycles. The van der Waals surface area contributed by atoms with E-state index in [-0.39, 0.29) is 18.3 Å². The van der Waals surface area contributed by atoms with E-state index in [2.05, 4.69) is 28.9 Å². The SMILES string of the molecule is CN(CCc1cccs1)C(=O)c1ccc2c(c1)CNC2.Cl. The number of likely N-dealkylation sites (N-methyl/N-ethyl adjacent to an activating group) is 1. The number of fused-ring (bicyclic) bond motifs is 1. The maximum absolute atomic E-state index is 12.4. The molecular formula is C16H19ClN2OS. The first-order valence-corrected chi connectivity index (χ1v) is 7.72. The number of thiophene rings is 1. The van der Waals surface area contributed by atoms with Gasteiger partial charge >= 0.3 is 0 Å². The highest BCUT2D eigenvalue weighted by atomic mass is 35.5. The third kappa shape index (κ3) is 3.64. The van der Waals surface area contributed by atoms with Crippen molar-refractivity contribution in [1.29, 1.82) is 0 Å². The summed E-state index contributed by atoms with van der Waals surface area (Å²) >= 11 is 1.74. The van der Waals surface area contributed by atoms with Crippen molar-refractivity contribution in [2.75, 3.05) is 13.6 Å². The summed E-state index contributed by atoms with van der Waals surface area (Å²) in [5.74, 6) is 0.108. The van der Waals surface area contributed by atoms with Gasteiger partial charge in [0.25, 0.3) is 5.91 Å². The first-order chi connectivity index (χ1) is 9.74. The van der Waals surface area contributed by atoms with Gasteiger partial charge in [-0.1, -0.05) is 12.1 Å². The number of carbonyl (C=O) groups is 1. The summed E-state index contributed by atoms with van der Waals surface area (Å²) in [5.41, 5.74) is 3.35. The number of nitrogens with zero attached hydrogens (tertiary/aromatic N) is 1. The Balaban J connectivity index is 0.00000161. The Morgan fingerprint density at radius 1 is 1.29 bits per heavy atom. The Labute approximate surface area is 135 Å². The highest BCUT2D eigenvalue weighted by molar-refractivity contribution is 7.09. The Bertz CT molecular complexity index is 613. The van der Waals surface area contributed by atoms with E-state index in [0.29, 0.717) is 0 Å². The van der Waals surface area contributed by atoms with E-state index in [1.54, 1.807) is 11.3 Å². The van der Waals surface area contributed by atoms with E-state index in [1.165, 1.54) is 16.0 Å². The van der Waals surface area contributed by atoms with Crippen molar-refractivity contribution in [1.82, 2.24) is 10.2 Å². The zero-order chi connectivity index (χ0) is 13.9. The number of hydrogen-bond acceptors (Lipinski definition) is 3. The van der Waals surface area contributed by atoms with Crippen LogP contribution in [0.1, 0.15) is 26.4 Å². The average Bonchev–Trinajstić information content (AvgIpc) is 3.13. The molecule has 0 atom stereocenters. The van der Waals surface area contributed by atoms with Crippen LogP contribution in [0.4, 0.5) is 0 Å². The maximum Gasteiger partial charge on any atom is 0.253 e. The molecule has 1 amide bonds. The third-order valence-electron chi connectivity index (χ3n) is 3.70. The van der Waals surface area contributed by atoms with Crippen LogP contribution in [0.3, 0.4) is 0 Å². The van der Waals surface area contributed by atoms with Crippen LogP contribution >= 0.6 is 23.7 Å². The standard InChI is InChI=1S/C16H18N2OS.ClH/c1-18(7-6-15-3-2-8-20-15)16(19)12-4-5-13-10-17-11-14(13)9-12;/h2-5,8-9,17H,6-7,10-11H2,1H3;1H. The Morgan fingerprint density at radius 3 is 2.86 bits per heavy atom. The molecule has 1 aliphatic rings. The van der Waals surface area contributed by atoms with Crippen molar-refractivity contribution in [3.8, 4) is 0 Å². The molecule has 1 aromatic heterocycles. The Morgan fingerprint density at radius 2 is 2.10 bits per heavy atom. The molecule has 112 valence electrons. The van der Waals surface area contributed by atoms with Crippen LogP contribution < -0.4 is 5.32 Å². The second-order valence-electron chi connectivity index (χ2n) is 5.14. The van der Waals surface area contributed by atoms with E-state index in [9.17, 15) is 4.79 Å². The highest BCUT2D eigenvalue weighted by Gasteiger charge is 2.16. The summed E-state index contributed by atoms with van der Waals surface area (Å²) in [6, 6.07) is 10.2. The maximum atomic E-state index is 12.4. The van der Waals surface area contributed by atoms with Crippen molar-refractivity contribution in [2.24, 2.45) is 0 Å². The monoisotopic (exact) mass is 322 g/mol. The summed E-state index contributed by atoms with van der Waals surface area (Å²) in [6.45, 7) is 2.54. The van der Waals surface area contributed by atoms with E-state index in [1.807, 2.05) is 24.1 Å². The van der Waals surface area contributed by atoms with Crippen LogP contribution in [0, 0.1) is 0 Å². The van der Waals surface area contributed by atoms with E-state index in [4.69, 9.17) is 0 Å². The van der Waals surface area contributed by atoms with E-state index >= 15 is 0 Å². The lowest BCUT2D eigenvalue weighted by Gasteiger charge is -2.17. The quantitative estimate of drug-likeness (QED) is 0.938. The number of amides is 1. The summed E-state index contributed by atoms with van der Waals surface area (Å²) in [6.07, 6.45) is 0.923. The third-order valence-corrected chi connectivity index (χ3v) is 4.64. The molecule has 21 heavy (non-hydrogen) atoms.